The Morgan fingerprint density at radius 1 is 0.812 bits per heavy atom. The van der Waals surface area contributed by atoms with E-state index in [2.05, 4.69) is 18.9 Å². The van der Waals surface area contributed by atoms with Gasteiger partial charge in [-0.25, -0.2) is 9.59 Å². The van der Waals surface area contributed by atoms with E-state index in [9.17, 15) is 9.59 Å². The van der Waals surface area contributed by atoms with Crippen LogP contribution in [0, 0.1) is 0 Å². The number of rotatable bonds is 8. The maximum Gasteiger partial charge on any atom is 0.331 e. The molecule has 92 valence electrons. The highest BCUT2D eigenvalue weighted by molar-refractivity contribution is 5.91. The van der Waals surface area contributed by atoms with Crippen molar-refractivity contribution in [1.82, 2.24) is 0 Å². The van der Waals surface area contributed by atoms with E-state index < -0.39 is 11.9 Å². The maximum absolute atomic E-state index is 11.0. The smallest absolute Gasteiger partial charge is 0.331 e. The Hall–Kier alpha value is -1.40. The molecule has 0 aromatic heterocycles. The zero-order valence-corrected chi connectivity index (χ0v) is 9.43. The first-order chi connectivity index (χ1) is 7.70. The summed E-state index contributed by atoms with van der Waals surface area (Å²) in [4.78, 5) is 21.9. The molecule has 0 fully saturated rings. The third-order valence-electron chi connectivity index (χ3n) is 1.42. The molecule has 0 saturated carbocycles. The number of methoxy groups -OCH3 is 2. The van der Waals surface area contributed by atoms with E-state index in [4.69, 9.17) is 0 Å². The van der Waals surface area contributed by atoms with Gasteiger partial charge >= 0.3 is 11.9 Å². The van der Waals surface area contributed by atoms with Gasteiger partial charge in [0.25, 0.3) is 0 Å². The minimum absolute atomic E-state index is 0.151. The average Bonchev–Trinajstić information content (AvgIpc) is 2.27. The second-order valence-electron chi connectivity index (χ2n) is 2.65. The molecule has 0 aromatic carbocycles. The molecule has 0 N–H and O–H groups in total. The summed E-state index contributed by atoms with van der Waals surface area (Å²) in [5, 5.41) is 0. The van der Waals surface area contributed by atoms with E-state index in [1.807, 2.05) is 0 Å². The van der Waals surface area contributed by atoms with E-state index in [0.717, 1.165) is 12.2 Å². The molecule has 0 aliphatic rings. The minimum Gasteiger partial charge on any atom is -0.460 e. The van der Waals surface area contributed by atoms with Crippen molar-refractivity contribution in [2.24, 2.45) is 0 Å². The summed E-state index contributed by atoms with van der Waals surface area (Å²) in [6.45, 7) is 0.937. The largest absolute Gasteiger partial charge is 0.460 e. The van der Waals surface area contributed by atoms with E-state index in [0.29, 0.717) is 13.2 Å². The summed E-state index contributed by atoms with van der Waals surface area (Å²) in [6.07, 6.45) is 2.01. The van der Waals surface area contributed by atoms with Crippen LogP contribution in [0.15, 0.2) is 12.2 Å². The van der Waals surface area contributed by atoms with Crippen molar-refractivity contribution in [1.29, 1.82) is 0 Å². The SMILES string of the molecule is COCCOC(=O)/C=C/C(=O)OCCOC. The minimum atomic E-state index is -0.610. The quantitative estimate of drug-likeness (QED) is 0.331. The van der Waals surface area contributed by atoms with Crippen molar-refractivity contribution >= 4 is 11.9 Å². The number of esters is 2. The lowest BCUT2D eigenvalue weighted by Gasteiger charge is -2.00. The monoisotopic (exact) mass is 232 g/mol. The standard InChI is InChI=1S/C10H16O6/c1-13-5-7-15-9(11)3-4-10(12)16-8-6-14-2/h3-4H,5-8H2,1-2H3/b4-3+. The van der Waals surface area contributed by atoms with Crippen LogP contribution >= 0.6 is 0 Å². The Kier molecular flexibility index (Phi) is 9.24. The van der Waals surface area contributed by atoms with Crippen molar-refractivity contribution < 1.29 is 28.5 Å². The molecule has 6 heteroatoms. The molecule has 0 rings (SSSR count). The highest BCUT2D eigenvalue weighted by Crippen LogP contribution is 1.86. The zero-order chi connectivity index (χ0) is 12.2. The van der Waals surface area contributed by atoms with Crippen molar-refractivity contribution in [2.45, 2.75) is 0 Å². The van der Waals surface area contributed by atoms with Gasteiger partial charge in [0.05, 0.1) is 13.2 Å². The summed E-state index contributed by atoms with van der Waals surface area (Å²) < 4.78 is 18.7. The first-order valence-electron chi connectivity index (χ1n) is 4.70. The maximum atomic E-state index is 11.0. The summed E-state index contributed by atoms with van der Waals surface area (Å²) in [5.74, 6) is -1.22. The Morgan fingerprint density at radius 3 is 1.50 bits per heavy atom. The van der Waals surface area contributed by atoms with E-state index >= 15 is 0 Å². The van der Waals surface area contributed by atoms with Crippen LogP contribution in [0.1, 0.15) is 0 Å². The fourth-order valence-electron chi connectivity index (χ4n) is 0.683. The molecule has 16 heavy (non-hydrogen) atoms. The van der Waals surface area contributed by atoms with Gasteiger partial charge in [-0.2, -0.15) is 0 Å². The average molecular weight is 232 g/mol. The summed E-state index contributed by atoms with van der Waals surface area (Å²) in [5.41, 5.74) is 0. The third kappa shape index (κ3) is 9.17. The van der Waals surface area contributed by atoms with Gasteiger partial charge in [-0.15, -0.1) is 0 Å². The van der Waals surface area contributed by atoms with E-state index in [-0.39, 0.29) is 13.2 Å². The molecule has 6 nitrogen and oxygen atoms in total. The molecule has 0 radical (unpaired) electrons. The molecule has 0 aromatic rings. The number of hydrogen-bond acceptors (Lipinski definition) is 6. The van der Waals surface area contributed by atoms with Crippen molar-refractivity contribution in [3.63, 3.8) is 0 Å². The van der Waals surface area contributed by atoms with Gasteiger partial charge < -0.3 is 18.9 Å². The molecule has 0 amide bonds. The second kappa shape index (κ2) is 10.1. The molecule has 0 unspecified atom stereocenters. The molecule has 0 spiro atoms. The zero-order valence-electron chi connectivity index (χ0n) is 9.43. The van der Waals surface area contributed by atoms with Crippen LogP contribution in [-0.4, -0.2) is 52.6 Å². The molecular weight excluding hydrogens is 216 g/mol. The summed E-state index contributed by atoms with van der Waals surface area (Å²) in [6, 6.07) is 0. The van der Waals surface area contributed by atoms with Gasteiger partial charge in [0.1, 0.15) is 13.2 Å². The lowest BCUT2D eigenvalue weighted by molar-refractivity contribution is -0.141. The number of ether oxygens (including phenoxy) is 4. The second-order valence-corrected chi connectivity index (χ2v) is 2.65. The van der Waals surface area contributed by atoms with Crippen molar-refractivity contribution in [3.8, 4) is 0 Å². The number of carbonyl (C=O) groups is 2. The lowest BCUT2D eigenvalue weighted by atomic mass is 10.5. The highest BCUT2D eigenvalue weighted by atomic mass is 16.6. The van der Waals surface area contributed by atoms with E-state index in [1.165, 1.54) is 14.2 Å². The van der Waals surface area contributed by atoms with Crippen LogP contribution in [0.5, 0.6) is 0 Å². The molecule has 0 atom stereocenters. The fraction of sp³-hybridized carbons (Fsp3) is 0.600. The Labute approximate surface area is 94.1 Å². The molecule has 0 bridgehead atoms. The molecule has 0 aliphatic heterocycles. The van der Waals surface area contributed by atoms with Gasteiger partial charge in [0.2, 0.25) is 0 Å². The van der Waals surface area contributed by atoms with Crippen LogP contribution in [0.3, 0.4) is 0 Å². The van der Waals surface area contributed by atoms with Gasteiger partial charge in [-0.1, -0.05) is 0 Å². The van der Waals surface area contributed by atoms with Crippen molar-refractivity contribution in [2.75, 3.05) is 40.6 Å². The first kappa shape index (κ1) is 14.6. The predicted octanol–water partition coefficient (Wildman–Crippen LogP) is -0.0782. The first-order valence-corrected chi connectivity index (χ1v) is 4.70. The Balaban J connectivity index is 3.63. The van der Waals surface area contributed by atoms with Gasteiger partial charge in [-0.3, -0.25) is 0 Å². The lowest BCUT2D eigenvalue weighted by Crippen LogP contribution is -2.09. The Bertz CT molecular complexity index is 211. The fourth-order valence-corrected chi connectivity index (χ4v) is 0.683. The Morgan fingerprint density at radius 2 is 1.19 bits per heavy atom. The number of hydrogen-bond donors (Lipinski definition) is 0. The molecule has 0 heterocycles. The van der Waals surface area contributed by atoms with Gasteiger partial charge in [0, 0.05) is 26.4 Å². The van der Waals surface area contributed by atoms with E-state index in [1.54, 1.807) is 0 Å². The highest BCUT2D eigenvalue weighted by Gasteiger charge is 2.00. The van der Waals surface area contributed by atoms with Crippen LogP contribution in [0.25, 0.3) is 0 Å². The topological polar surface area (TPSA) is 71.1 Å². The predicted molar refractivity (Wildman–Crippen MR) is 54.8 cm³/mol. The number of carbonyl (C=O) groups excluding carboxylic acids is 2. The summed E-state index contributed by atoms with van der Waals surface area (Å²) >= 11 is 0. The molecule has 0 aliphatic carbocycles. The van der Waals surface area contributed by atoms with Crippen molar-refractivity contribution in [3.05, 3.63) is 12.2 Å². The third-order valence-corrected chi connectivity index (χ3v) is 1.42. The van der Waals surface area contributed by atoms with Gasteiger partial charge in [0.15, 0.2) is 0 Å². The molecular formula is C10H16O6. The normalized spacial score (nSPS) is 10.4. The van der Waals surface area contributed by atoms with Crippen LogP contribution < -0.4 is 0 Å². The summed E-state index contributed by atoms with van der Waals surface area (Å²) in [7, 11) is 2.99. The van der Waals surface area contributed by atoms with Crippen LogP contribution in [-0.2, 0) is 28.5 Å². The van der Waals surface area contributed by atoms with Crippen LogP contribution in [0.2, 0.25) is 0 Å². The van der Waals surface area contributed by atoms with Crippen LogP contribution in [0.4, 0.5) is 0 Å². The molecule has 0 saturated heterocycles. The van der Waals surface area contributed by atoms with Gasteiger partial charge in [-0.05, 0) is 0 Å².